The highest BCUT2D eigenvalue weighted by Crippen LogP contribution is 2.27. The zero-order chi connectivity index (χ0) is 17.1. The minimum Gasteiger partial charge on any atom is -0.482 e. The number of aromatic nitrogens is 2. The summed E-state index contributed by atoms with van der Waals surface area (Å²) in [6.07, 6.45) is 4.47. The third kappa shape index (κ3) is 3.84. The molecule has 5 nitrogen and oxygen atoms in total. The zero-order valence-corrected chi connectivity index (χ0v) is 15.0. The number of nitrogens with zero attached hydrogens (tertiary/aromatic N) is 2. The number of amides is 1. The van der Waals surface area contributed by atoms with Crippen molar-refractivity contribution < 1.29 is 9.53 Å². The molecule has 2 aromatic rings. The molecular formula is C17H19Cl2N3O2. The molecule has 0 fully saturated rings. The first-order valence-corrected chi connectivity index (χ1v) is 8.68. The largest absolute Gasteiger partial charge is 0.482 e. The summed E-state index contributed by atoms with van der Waals surface area (Å²) in [4.78, 5) is 16.6. The number of benzene rings is 1. The lowest BCUT2D eigenvalue weighted by atomic mass is 10.0. The van der Waals surface area contributed by atoms with E-state index in [0.29, 0.717) is 22.3 Å². The smallest absolute Gasteiger partial charge is 0.258 e. The predicted molar refractivity (Wildman–Crippen MR) is 93.7 cm³/mol. The number of ether oxygens (including phenoxy) is 1. The molecule has 0 radical (unpaired) electrons. The summed E-state index contributed by atoms with van der Waals surface area (Å²) in [5.41, 5.74) is 2.45. The van der Waals surface area contributed by atoms with Crippen LogP contribution >= 0.6 is 23.2 Å². The molecule has 0 spiro atoms. The molecule has 3 rings (SSSR count). The molecule has 0 aliphatic heterocycles. The van der Waals surface area contributed by atoms with Crippen LogP contribution in [0.15, 0.2) is 18.2 Å². The van der Waals surface area contributed by atoms with E-state index in [2.05, 4.69) is 14.9 Å². The number of carbonyl (C=O) groups excluding carboxylic acids is 1. The van der Waals surface area contributed by atoms with Crippen LogP contribution in [0.4, 0.5) is 0 Å². The fourth-order valence-electron chi connectivity index (χ4n) is 2.86. The van der Waals surface area contributed by atoms with Crippen LogP contribution in [0.2, 0.25) is 10.0 Å². The first-order valence-electron chi connectivity index (χ1n) is 7.92. The average Bonchev–Trinajstić information content (AvgIpc) is 2.89. The van der Waals surface area contributed by atoms with E-state index in [1.165, 1.54) is 18.5 Å². The molecule has 1 aliphatic carbocycles. The quantitative estimate of drug-likeness (QED) is 0.881. The van der Waals surface area contributed by atoms with E-state index in [9.17, 15) is 4.79 Å². The number of halogens is 2. The molecule has 0 bridgehead atoms. The Hall–Kier alpha value is -1.72. The Morgan fingerprint density at radius 3 is 2.88 bits per heavy atom. The minimum absolute atomic E-state index is 0.106. The summed E-state index contributed by atoms with van der Waals surface area (Å²) in [7, 11) is 2.00. The molecule has 0 saturated heterocycles. The van der Waals surface area contributed by atoms with Crippen LogP contribution in [0.5, 0.6) is 5.75 Å². The molecule has 24 heavy (non-hydrogen) atoms. The highest BCUT2D eigenvalue weighted by Gasteiger charge is 2.18. The van der Waals surface area contributed by atoms with Gasteiger partial charge in [0.15, 0.2) is 6.61 Å². The third-order valence-electron chi connectivity index (χ3n) is 4.16. The number of nitrogens with one attached hydrogen (secondary N) is 1. The van der Waals surface area contributed by atoms with Gasteiger partial charge in [0, 0.05) is 17.8 Å². The second kappa shape index (κ2) is 7.45. The lowest BCUT2D eigenvalue weighted by Crippen LogP contribution is -2.29. The molecule has 128 valence electrons. The number of carbonyl (C=O) groups is 1. The van der Waals surface area contributed by atoms with Crippen LogP contribution in [0.3, 0.4) is 0 Å². The molecule has 0 atom stereocenters. The van der Waals surface area contributed by atoms with Gasteiger partial charge in [0.25, 0.3) is 5.91 Å². The first kappa shape index (κ1) is 17.1. The molecule has 0 saturated carbocycles. The highest BCUT2D eigenvalue weighted by molar-refractivity contribution is 6.35. The van der Waals surface area contributed by atoms with E-state index in [1.54, 1.807) is 18.2 Å². The van der Waals surface area contributed by atoms with Gasteiger partial charge >= 0.3 is 0 Å². The van der Waals surface area contributed by atoms with Crippen molar-refractivity contribution in [3.63, 3.8) is 0 Å². The van der Waals surface area contributed by atoms with Crippen LogP contribution in [0.1, 0.15) is 30.1 Å². The van der Waals surface area contributed by atoms with Crippen molar-refractivity contribution in [3.05, 3.63) is 45.5 Å². The van der Waals surface area contributed by atoms with Crippen molar-refractivity contribution in [2.24, 2.45) is 7.05 Å². The van der Waals surface area contributed by atoms with E-state index in [4.69, 9.17) is 27.9 Å². The summed E-state index contributed by atoms with van der Waals surface area (Å²) in [5, 5.41) is 3.74. The van der Waals surface area contributed by atoms with E-state index in [1.807, 2.05) is 7.05 Å². The van der Waals surface area contributed by atoms with Crippen LogP contribution in [-0.2, 0) is 31.2 Å². The fraction of sp³-hybridized carbons (Fsp3) is 0.412. The SMILES string of the molecule is Cn1c(CNC(=O)COc2ccc(Cl)cc2Cl)nc2c1CCCC2. The van der Waals surface area contributed by atoms with Crippen molar-refractivity contribution in [3.8, 4) is 5.75 Å². The van der Waals surface area contributed by atoms with E-state index in [0.717, 1.165) is 24.4 Å². The van der Waals surface area contributed by atoms with Crippen molar-refractivity contribution in [1.29, 1.82) is 0 Å². The lowest BCUT2D eigenvalue weighted by Gasteiger charge is -2.11. The lowest BCUT2D eigenvalue weighted by molar-refractivity contribution is -0.123. The maximum absolute atomic E-state index is 12.0. The molecule has 1 N–H and O–H groups in total. The van der Waals surface area contributed by atoms with Gasteiger partial charge in [-0.05, 0) is 43.9 Å². The molecule has 1 aromatic carbocycles. The van der Waals surface area contributed by atoms with Crippen molar-refractivity contribution >= 4 is 29.1 Å². The molecule has 1 aromatic heterocycles. The third-order valence-corrected chi connectivity index (χ3v) is 4.69. The molecule has 1 amide bonds. The zero-order valence-electron chi connectivity index (χ0n) is 13.4. The Labute approximate surface area is 150 Å². The van der Waals surface area contributed by atoms with Crippen LogP contribution in [-0.4, -0.2) is 22.1 Å². The first-order chi connectivity index (χ1) is 11.5. The highest BCUT2D eigenvalue weighted by atomic mass is 35.5. The maximum Gasteiger partial charge on any atom is 0.258 e. The second-order valence-electron chi connectivity index (χ2n) is 5.83. The van der Waals surface area contributed by atoms with E-state index < -0.39 is 0 Å². The number of imidazole rings is 1. The number of fused-ring (bicyclic) bond motifs is 1. The summed E-state index contributed by atoms with van der Waals surface area (Å²) >= 11 is 11.8. The summed E-state index contributed by atoms with van der Waals surface area (Å²) in [6, 6.07) is 4.89. The summed E-state index contributed by atoms with van der Waals surface area (Å²) in [6.45, 7) is 0.283. The fourth-order valence-corrected chi connectivity index (χ4v) is 3.33. The minimum atomic E-state index is -0.220. The number of hydrogen-bond acceptors (Lipinski definition) is 3. The number of rotatable bonds is 5. The van der Waals surface area contributed by atoms with Gasteiger partial charge in [0.2, 0.25) is 0 Å². The Bertz CT molecular complexity index is 759. The molecule has 0 unspecified atom stereocenters. The van der Waals surface area contributed by atoms with Crippen molar-refractivity contribution in [2.75, 3.05) is 6.61 Å². The molecule has 1 aliphatic rings. The molecule has 7 heteroatoms. The van der Waals surface area contributed by atoms with Gasteiger partial charge < -0.3 is 14.6 Å². The van der Waals surface area contributed by atoms with Gasteiger partial charge in [-0.3, -0.25) is 4.79 Å². The Morgan fingerprint density at radius 2 is 2.12 bits per heavy atom. The Balaban J connectivity index is 1.53. The van der Waals surface area contributed by atoms with E-state index >= 15 is 0 Å². The summed E-state index contributed by atoms with van der Waals surface area (Å²) in [5.74, 6) is 1.09. The van der Waals surface area contributed by atoms with Gasteiger partial charge in [0.1, 0.15) is 11.6 Å². The monoisotopic (exact) mass is 367 g/mol. The summed E-state index contributed by atoms with van der Waals surface area (Å²) < 4.78 is 7.51. The van der Waals surface area contributed by atoms with Crippen molar-refractivity contribution in [2.45, 2.75) is 32.2 Å². The molecule has 1 heterocycles. The standard InChI is InChI=1S/C17H19Cl2N3O2/c1-22-14-5-3-2-4-13(14)21-16(22)9-20-17(23)10-24-15-7-6-11(18)8-12(15)19/h6-8H,2-5,9-10H2,1H3,(H,20,23). The van der Waals surface area contributed by atoms with E-state index in [-0.39, 0.29) is 12.5 Å². The maximum atomic E-state index is 12.0. The predicted octanol–water partition coefficient (Wildman–Crippen LogP) is 3.30. The van der Waals surface area contributed by atoms with Crippen LogP contribution < -0.4 is 10.1 Å². The normalized spacial score (nSPS) is 13.5. The van der Waals surface area contributed by atoms with Gasteiger partial charge in [-0.15, -0.1) is 0 Å². The number of aryl methyl sites for hydroxylation is 1. The Kier molecular flexibility index (Phi) is 5.31. The van der Waals surface area contributed by atoms with Gasteiger partial charge in [0.05, 0.1) is 17.3 Å². The number of hydrogen-bond donors (Lipinski definition) is 1. The molecular weight excluding hydrogens is 349 g/mol. The second-order valence-corrected chi connectivity index (χ2v) is 6.67. The Morgan fingerprint density at radius 1 is 1.33 bits per heavy atom. The van der Waals surface area contributed by atoms with Gasteiger partial charge in [-0.25, -0.2) is 4.98 Å². The van der Waals surface area contributed by atoms with Crippen LogP contribution in [0, 0.1) is 0 Å². The average molecular weight is 368 g/mol. The van der Waals surface area contributed by atoms with Gasteiger partial charge in [-0.2, -0.15) is 0 Å². The van der Waals surface area contributed by atoms with Gasteiger partial charge in [-0.1, -0.05) is 23.2 Å². The topological polar surface area (TPSA) is 56.2 Å². The van der Waals surface area contributed by atoms with Crippen LogP contribution in [0.25, 0.3) is 0 Å². The van der Waals surface area contributed by atoms with Crippen molar-refractivity contribution in [1.82, 2.24) is 14.9 Å².